The summed E-state index contributed by atoms with van der Waals surface area (Å²) in [4.78, 5) is 12.6. The van der Waals surface area contributed by atoms with Crippen molar-refractivity contribution in [2.75, 3.05) is 11.9 Å². The van der Waals surface area contributed by atoms with E-state index in [0.29, 0.717) is 33.1 Å². The number of carbonyl (C=O) groups is 1. The Morgan fingerprint density at radius 2 is 1.78 bits per heavy atom. The molecule has 32 heavy (non-hydrogen) atoms. The Morgan fingerprint density at radius 1 is 1.06 bits per heavy atom. The summed E-state index contributed by atoms with van der Waals surface area (Å²) in [5, 5.41) is 12.0. The lowest BCUT2D eigenvalue weighted by atomic mass is 10.2. The van der Waals surface area contributed by atoms with E-state index in [1.807, 2.05) is 18.2 Å². The first-order valence-corrected chi connectivity index (χ1v) is 13.1. The predicted octanol–water partition coefficient (Wildman–Crippen LogP) is 7.74. The molecule has 0 saturated heterocycles. The van der Waals surface area contributed by atoms with Gasteiger partial charge in [-0.15, -0.1) is 10.2 Å². The van der Waals surface area contributed by atoms with Crippen molar-refractivity contribution in [3.8, 4) is 5.75 Å². The smallest absolute Gasteiger partial charge is 0.257 e. The van der Waals surface area contributed by atoms with Gasteiger partial charge < -0.3 is 4.74 Å². The van der Waals surface area contributed by atoms with Crippen LogP contribution in [0, 0.1) is 0 Å². The fourth-order valence-corrected chi connectivity index (χ4v) is 5.21. The number of carbonyl (C=O) groups excluding carboxylic acids is 1. The molecule has 0 aliphatic rings. The zero-order valence-electron chi connectivity index (χ0n) is 17.8. The van der Waals surface area contributed by atoms with E-state index in [0.717, 1.165) is 22.9 Å². The second-order valence-electron chi connectivity index (χ2n) is 7.13. The van der Waals surface area contributed by atoms with Crippen LogP contribution >= 0.6 is 46.3 Å². The van der Waals surface area contributed by atoms with Crippen molar-refractivity contribution >= 4 is 57.3 Å². The summed E-state index contributed by atoms with van der Waals surface area (Å²) in [5.74, 6) is 0.848. The number of halogens is 2. The minimum atomic E-state index is -0.351. The molecule has 0 spiro atoms. The average molecular weight is 511 g/mol. The van der Waals surface area contributed by atoms with Gasteiger partial charge in [0.1, 0.15) is 0 Å². The SMILES string of the molecule is CCCCCCCOc1c(Cl)cc(C(=O)Nc2nnc(SCc3ccccc3)s2)cc1Cl. The molecule has 3 aromatic rings. The molecule has 9 heteroatoms. The molecule has 1 heterocycles. The van der Waals surface area contributed by atoms with Gasteiger partial charge in [0.05, 0.1) is 16.7 Å². The highest BCUT2D eigenvalue weighted by molar-refractivity contribution is 8.00. The minimum Gasteiger partial charge on any atom is -0.490 e. The molecule has 1 N–H and O–H groups in total. The number of unbranched alkanes of at least 4 members (excludes halogenated alkanes) is 4. The highest BCUT2D eigenvalue weighted by atomic mass is 35.5. The molecule has 0 atom stereocenters. The van der Waals surface area contributed by atoms with Crippen LogP contribution in [-0.2, 0) is 5.75 Å². The second-order valence-corrected chi connectivity index (χ2v) is 10.1. The summed E-state index contributed by atoms with van der Waals surface area (Å²) in [7, 11) is 0. The lowest BCUT2D eigenvalue weighted by Gasteiger charge is -2.11. The number of hydrogen-bond donors (Lipinski definition) is 1. The van der Waals surface area contributed by atoms with E-state index >= 15 is 0 Å². The number of anilines is 1. The Labute approximate surface area is 206 Å². The lowest BCUT2D eigenvalue weighted by Crippen LogP contribution is -2.12. The number of thioether (sulfide) groups is 1. The maximum absolute atomic E-state index is 12.6. The topological polar surface area (TPSA) is 64.1 Å². The van der Waals surface area contributed by atoms with Gasteiger partial charge in [-0.1, -0.05) is 109 Å². The molecule has 0 aliphatic heterocycles. The molecule has 0 unspecified atom stereocenters. The van der Waals surface area contributed by atoms with Gasteiger partial charge in [-0.25, -0.2) is 0 Å². The number of nitrogens with one attached hydrogen (secondary N) is 1. The Morgan fingerprint density at radius 3 is 2.50 bits per heavy atom. The fourth-order valence-electron chi connectivity index (χ4n) is 2.92. The van der Waals surface area contributed by atoms with Crippen molar-refractivity contribution < 1.29 is 9.53 Å². The van der Waals surface area contributed by atoms with Crippen molar-refractivity contribution in [1.29, 1.82) is 0 Å². The van der Waals surface area contributed by atoms with Gasteiger partial charge in [-0.05, 0) is 24.1 Å². The van der Waals surface area contributed by atoms with Crippen molar-refractivity contribution in [2.24, 2.45) is 0 Å². The second kappa shape index (κ2) is 13.0. The van der Waals surface area contributed by atoms with Crippen molar-refractivity contribution in [3.05, 3.63) is 63.6 Å². The molecule has 170 valence electrons. The van der Waals surface area contributed by atoms with Crippen LogP contribution in [0.3, 0.4) is 0 Å². The molecule has 0 bridgehead atoms. The van der Waals surface area contributed by atoms with Crippen LogP contribution in [0.15, 0.2) is 46.8 Å². The Balaban J connectivity index is 1.53. The van der Waals surface area contributed by atoms with E-state index in [1.54, 1.807) is 23.9 Å². The molecule has 0 aliphatic carbocycles. The standard InChI is InChI=1S/C23H25Cl2N3O2S2/c1-2-3-4-5-9-12-30-20-18(24)13-17(14-19(20)25)21(29)26-22-27-28-23(32-22)31-15-16-10-7-6-8-11-16/h6-8,10-11,13-14H,2-5,9,12,15H2,1H3,(H,26,27,29). The molecule has 0 radical (unpaired) electrons. The summed E-state index contributed by atoms with van der Waals surface area (Å²) in [5.41, 5.74) is 1.54. The van der Waals surface area contributed by atoms with Gasteiger partial charge in [0.15, 0.2) is 10.1 Å². The largest absolute Gasteiger partial charge is 0.490 e. The van der Waals surface area contributed by atoms with Crippen LogP contribution in [0.5, 0.6) is 5.75 Å². The van der Waals surface area contributed by atoms with Gasteiger partial charge in [0, 0.05) is 11.3 Å². The van der Waals surface area contributed by atoms with E-state index in [2.05, 4.69) is 34.6 Å². The Hall–Kier alpha value is -1.80. The number of aromatic nitrogens is 2. The number of benzene rings is 2. The van der Waals surface area contributed by atoms with Crippen molar-refractivity contribution in [2.45, 2.75) is 49.1 Å². The van der Waals surface area contributed by atoms with E-state index < -0.39 is 0 Å². The third-order valence-corrected chi connectivity index (χ3v) is 7.19. The number of hydrogen-bond acceptors (Lipinski definition) is 6. The normalized spacial score (nSPS) is 10.8. The summed E-state index contributed by atoms with van der Waals surface area (Å²) < 4.78 is 6.53. The molecule has 1 aromatic heterocycles. The van der Waals surface area contributed by atoms with Gasteiger partial charge in [0.2, 0.25) is 5.13 Å². The van der Waals surface area contributed by atoms with E-state index in [-0.39, 0.29) is 5.91 Å². The van der Waals surface area contributed by atoms with Crippen LogP contribution in [0.1, 0.15) is 54.9 Å². The van der Waals surface area contributed by atoms with E-state index in [1.165, 1.54) is 36.2 Å². The molecular formula is C23H25Cl2N3O2S2. The number of nitrogens with zero attached hydrogens (tertiary/aromatic N) is 2. The summed E-state index contributed by atoms with van der Waals surface area (Å²) >= 11 is 15.6. The van der Waals surface area contributed by atoms with Gasteiger partial charge in [-0.3, -0.25) is 10.1 Å². The maximum Gasteiger partial charge on any atom is 0.257 e. The maximum atomic E-state index is 12.6. The van der Waals surface area contributed by atoms with Crippen LogP contribution < -0.4 is 10.1 Å². The van der Waals surface area contributed by atoms with Gasteiger partial charge in [0.25, 0.3) is 5.91 Å². The van der Waals surface area contributed by atoms with Gasteiger partial charge >= 0.3 is 0 Å². The van der Waals surface area contributed by atoms with Crippen LogP contribution in [0.25, 0.3) is 0 Å². The third-order valence-electron chi connectivity index (χ3n) is 4.59. The molecule has 0 fully saturated rings. The van der Waals surface area contributed by atoms with Crippen LogP contribution in [0.4, 0.5) is 5.13 Å². The highest BCUT2D eigenvalue weighted by Gasteiger charge is 2.16. The summed E-state index contributed by atoms with van der Waals surface area (Å²) in [6, 6.07) is 13.2. The highest BCUT2D eigenvalue weighted by Crippen LogP contribution is 2.35. The first-order valence-electron chi connectivity index (χ1n) is 10.5. The zero-order chi connectivity index (χ0) is 22.8. The van der Waals surface area contributed by atoms with E-state index in [4.69, 9.17) is 27.9 Å². The number of rotatable bonds is 12. The molecule has 0 saturated carbocycles. The summed E-state index contributed by atoms with van der Waals surface area (Å²) in [6.45, 7) is 2.73. The zero-order valence-corrected chi connectivity index (χ0v) is 20.9. The van der Waals surface area contributed by atoms with Gasteiger partial charge in [-0.2, -0.15) is 0 Å². The predicted molar refractivity (Wildman–Crippen MR) is 135 cm³/mol. The van der Waals surface area contributed by atoms with Crippen LogP contribution in [-0.4, -0.2) is 22.7 Å². The molecular weight excluding hydrogens is 485 g/mol. The Bertz CT molecular complexity index is 992. The summed E-state index contributed by atoms with van der Waals surface area (Å²) in [6.07, 6.45) is 5.67. The number of amides is 1. The van der Waals surface area contributed by atoms with Crippen molar-refractivity contribution in [3.63, 3.8) is 0 Å². The van der Waals surface area contributed by atoms with Crippen molar-refractivity contribution in [1.82, 2.24) is 10.2 Å². The van der Waals surface area contributed by atoms with Crippen LogP contribution in [0.2, 0.25) is 10.0 Å². The molecule has 5 nitrogen and oxygen atoms in total. The fraction of sp³-hybridized carbons (Fsp3) is 0.348. The monoisotopic (exact) mass is 509 g/mol. The minimum absolute atomic E-state index is 0.313. The Kier molecular flexibility index (Phi) is 10.1. The average Bonchev–Trinajstić information content (AvgIpc) is 3.24. The van der Waals surface area contributed by atoms with E-state index in [9.17, 15) is 4.79 Å². The number of ether oxygens (including phenoxy) is 1. The third kappa shape index (κ3) is 7.66. The first-order chi connectivity index (χ1) is 15.6. The molecule has 2 aromatic carbocycles. The molecule has 3 rings (SSSR count). The molecule has 1 amide bonds. The lowest BCUT2D eigenvalue weighted by molar-refractivity contribution is 0.102. The quantitative estimate of drug-likeness (QED) is 0.153. The first kappa shape index (κ1) is 24.8.